The minimum Gasteiger partial charge on any atom is -0.308 e. The zero-order chi connectivity index (χ0) is 19.8. The van der Waals surface area contributed by atoms with Crippen LogP contribution in [0.5, 0.6) is 0 Å². The maximum Gasteiger partial charge on any atom is 0.259 e. The van der Waals surface area contributed by atoms with E-state index in [0.717, 1.165) is 51.7 Å². The number of halogens is 1. The molecule has 0 fully saturated rings. The zero-order valence-electron chi connectivity index (χ0n) is 15.8. The average Bonchev–Trinajstić information content (AvgIpc) is 2.77. The molecule has 3 aromatic carbocycles. The van der Waals surface area contributed by atoms with Crippen molar-refractivity contribution in [1.29, 1.82) is 0 Å². The summed E-state index contributed by atoms with van der Waals surface area (Å²) >= 11 is 3.53. The molecule has 0 spiro atoms. The Morgan fingerprint density at radius 1 is 0.931 bits per heavy atom. The lowest BCUT2D eigenvalue weighted by atomic mass is 9.99. The number of anilines is 1. The number of benzene rings is 3. The van der Waals surface area contributed by atoms with E-state index in [1.165, 1.54) is 5.56 Å². The summed E-state index contributed by atoms with van der Waals surface area (Å²) in [5.74, 6) is 0.0343. The fraction of sp³-hybridized carbons (Fsp3) is 0.120. The lowest BCUT2D eigenvalue weighted by molar-refractivity contribution is 0.0986. The number of aromatic nitrogens is 1. The Hall–Kier alpha value is -2.98. The fourth-order valence-electron chi connectivity index (χ4n) is 4.04. The van der Waals surface area contributed by atoms with Gasteiger partial charge in [0, 0.05) is 27.7 Å². The second-order valence-electron chi connectivity index (χ2n) is 7.27. The molecule has 1 aliphatic rings. The number of rotatable bonds is 2. The minimum absolute atomic E-state index is 0.0343. The van der Waals surface area contributed by atoms with Crippen molar-refractivity contribution in [2.45, 2.75) is 12.8 Å². The highest BCUT2D eigenvalue weighted by Gasteiger charge is 2.25. The molecule has 0 saturated heterocycles. The highest BCUT2D eigenvalue weighted by Crippen LogP contribution is 2.31. The highest BCUT2D eigenvalue weighted by atomic mass is 79.9. The second kappa shape index (κ2) is 7.45. The van der Waals surface area contributed by atoms with Gasteiger partial charge in [-0.15, -0.1) is 0 Å². The van der Waals surface area contributed by atoms with Gasteiger partial charge in [0.05, 0.1) is 16.8 Å². The molecule has 1 aliphatic heterocycles. The van der Waals surface area contributed by atoms with Gasteiger partial charge in [-0.05, 0) is 48.7 Å². The first-order valence-corrected chi connectivity index (χ1v) is 10.6. The summed E-state index contributed by atoms with van der Waals surface area (Å²) in [5.41, 5.74) is 5.57. The van der Waals surface area contributed by atoms with Crippen molar-refractivity contribution in [2.24, 2.45) is 0 Å². The molecular formula is C25H19BrN2O. The normalized spacial score (nSPS) is 13.3. The van der Waals surface area contributed by atoms with Gasteiger partial charge in [-0.25, -0.2) is 4.98 Å². The molecule has 1 aromatic heterocycles. The average molecular weight is 443 g/mol. The van der Waals surface area contributed by atoms with Gasteiger partial charge in [0.2, 0.25) is 0 Å². The molecule has 0 unspecified atom stereocenters. The Morgan fingerprint density at radius 3 is 2.66 bits per heavy atom. The first-order chi connectivity index (χ1) is 14.2. The van der Waals surface area contributed by atoms with Crippen molar-refractivity contribution in [3.8, 4) is 11.3 Å². The van der Waals surface area contributed by atoms with Crippen LogP contribution in [-0.4, -0.2) is 17.4 Å². The van der Waals surface area contributed by atoms with Crippen LogP contribution in [-0.2, 0) is 6.42 Å². The van der Waals surface area contributed by atoms with E-state index in [1.54, 1.807) is 0 Å². The lowest BCUT2D eigenvalue weighted by Gasteiger charge is -2.30. The van der Waals surface area contributed by atoms with E-state index in [-0.39, 0.29) is 5.91 Å². The second-order valence-corrected chi connectivity index (χ2v) is 8.19. The lowest BCUT2D eigenvalue weighted by Crippen LogP contribution is -2.35. The van der Waals surface area contributed by atoms with E-state index < -0.39 is 0 Å². The van der Waals surface area contributed by atoms with E-state index in [1.807, 2.05) is 77.7 Å². The smallest absolute Gasteiger partial charge is 0.259 e. The number of carbonyl (C=O) groups is 1. The molecule has 142 valence electrons. The van der Waals surface area contributed by atoms with Gasteiger partial charge < -0.3 is 4.90 Å². The standard InChI is InChI=1S/C25H19BrN2O/c26-19-10-5-8-18(15-19)23-16-21(20-11-2-3-12-22(20)27-23)25(29)28-14-6-9-17-7-1-4-13-24(17)28/h1-5,7-8,10-13,15-16H,6,9,14H2. The van der Waals surface area contributed by atoms with Crippen LogP contribution in [0.2, 0.25) is 0 Å². The molecule has 4 aromatic rings. The Balaban J connectivity index is 1.67. The van der Waals surface area contributed by atoms with Crippen molar-refractivity contribution in [3.63, 3.8) is 0 Å². The Labute approximate surface area is 178 Å². The van der Waals surface area contributed by atoms with Crippen LogP contribution in [0.25, 0.3) is 22.2 Å². The molecule has 2 heterocycles. The summed E-state index contributed by atoms with van der Waals surface area (Å²) in [6, 6.07) is 26.0. The Morgan fingerprint density at radius 2 is 1.76 bits per heavy atom. The van der Waals surface area contributed by atoms with Crippen LogP contribution in [0.15, 0.2) is 83.3 Å². The van der Waals surface area contributed by atoms with Crippen molar-refractivity contribution in [3.05, 3.63) is 94.5 Å². The van der Waals surface area contributed by atoms with E-state index in [9.17, 15) is 4.79 Å². The number of hydrogen-bond acceptors (Lipinski definition) is 2. The SMILES string of the molecule is O=C(c1cc(-c2cccc(Br)c2)nc2ccccc12)N1CCCc2ccccc21. The summed E-state index contributed by atoms with van der Waals surface area (Å²) in [4.78, 5) is 20.5. The molecule has 0 saturated carbocycles. The minimum atomic E-state index is 0.0343. The Kier molecular flexibility index (Phi) is 4.64. The van der Waals surface area contributed by atoms with Crippen molar-refractivity contribution in [1.82, 2.24) is 4.98 Å². The summed E-state index contributed by atoms with van der Waals surface area (Å²) in [6.07, 6.45) is 1.99. The third-order valence-corrected chi connectivity index (χ3v) is 5.92. The third kappa shape index (κ3) is 3.34. The van der Waals surface area contributed by atoms with E-state index in [0.29, 0.717) is 5.56 Å². The molecule has 3 nitrogen and oxygen atoms in total. The number of para-hydroxylation sites is 2. The van der Waals surface area contributed by atoms with E-state index in [2.05, 4.69) is 22.0 Å². The molecule has 4 heteroatoms. The van der Waals surface area contributed by atoms with Gasteiger partial charge in [0.15, 0.2) is 0 Å². The number of fused-ring (bicyclic) bond motifs is 2. The van der Waals surface area contributed by atoms with Crippen LogP contribution in [0.1, 0.15) is 22.3 Å². The number of amides is 1. The summed E-state index contributed by atoms with van der Waals surface area (Å²) in [7, 11) is 0. The quantitative estimate of drug-likeness (QED) is 0.367. The molecule has 29 heavy (non-hydrogen) atoms. The van der Waals surface area contributed by atoms with Gasteiger partial charge in [-0.2, -0.15) is 0 Å². The monoisotopic (exact) mass is 442 g/mol. The topological polar surface area (TPSA) is 33.2 Å². The molecule has 0 aliphatic carbocycles. The highest BCUT2D eigenvalue weighted by molar-refractivity contribution is 9.10. The molecule has 0 atom stereocenters. The zero-order valence-corrected chi connectivity index (χ0v) is 17.4. The Bertz CT molecular complexity index is 1230. The van der Waals surface area contributed by atoms with Gasteiger partial charge in [-0.3, -0.25) is 4.79 Å². The van der Waals surface area contributed by atoms with Crippen molar-refractivity contribution in [2.75, 3.05) is 11.4 Å². The molecule has 5 rings (SSSR count). The predicted molar refractivity (Wildman–Crippen MR) is 121 cm³/mol. The van der Waals surface area contributed by atoms with Gasteiger partial charge in [0.25, 0.3) is 5.91 Å². The fourth-order valence-corrected chi connectivity index (χ4v) is 4.44. The molecule has 0 N–H and O–H groups in total. The molecular weight excluding hydrogens is 424 g/mol. The van der Waals surface area contributed by atoms with E-state index >= 15 is 0 Å². The predicted octanol–water partition coefficient (Wildman–Crippen LogP) is 6.26. The van der Waals surface area contributed by atoms with Crippen LogP contribution >= 0.6 is 15.9 Å². The molecule has 0 radical (unpaired) electrons. The summed E-state index contributed by atoms with van der Waals surface area (Å²) in [6.45, 7) is 0.735. The number of nitrogens with zero attached hydrogens (tertiary/aromatic N) is 2. The van der Waals surface area contributed by atoms with Crippen molar-refractivity contribution < 1.29 is 4.79 Å². The van der Waals surface area contributed by atoms with Gasteiger partial charge in [0.1, 0.15) is 0 Å². The molecule has 0 bridgehead atoms. The largest absolute Gasteiger partial charge is 0.308 e. The maximum absolute atomic E-state index is 13.7. The van der Waals surface area contributed by atoms with Crippen LogP contribution in [0.3, 0.4) is 0 Å². The summed E-state index contributed by atoms with van der Waals surface area (Å²) in [5, 5.41) is 0.888. The summed E-state index contributed by atoms with van der Waals surface area (Å²) < 4.78 is 0.989. The van der Waals surface area contributed by atoms with Crippen molar-refractivity contribution >= 4 is 38.4 Å². The van der Waals surface area contributed by atoms with E-state index in [4.69, 9.17) is 4.98 Å². The number of hydrogen-bond donors (Lipinski definition) is 0. The van der Waals surface area contributed by atoms with Gasteiger partial charge in [-0.1, -0.05) is 64.5 Å². The van der Waals surface area contributed by atoms with Gasteiger partial charge >= 0.3 is 0 Å². The number of aryl methyl sites for hydroxylation is 1. The van der Waals surface area contributed by atoms with Crippen LogP contribution in [0.4, 0.5) is 5.69 Å². The van der Waals surface area contributed by atoms with Crippen LogP contribution in [0, 0.1) is 0 Å². The first-order valence-electron chi connectivity index (χ1n) is 9.76. The number of pyridine rings is 1. The number of carbonyl (C=O) groups excluding carboxylic acids is 1. The first kappa shape index (κ1) is 18.1. The molecule has 1 amide bonds. The third-order valence-electron chi connectivity index (χ3n) is 5.42. The van der Waals surface area contributed by atoms with Crippen LogP contribution < -0.4 is 4.90 Å². The maximum atomic E-state index is 13.7.